The number of thiazole rings is 1. The summed E-state index contributed by atoms with van der Waals surface area (Å²) in [6, 6.07) is 20.3. The van der Waals surface area contributed by atoms with Crippen LogP contribution in [0.1, 0.15) is 67.9 Å². The molecule has 15 heteroatoms. The summed E-state index contributed by atoms with van der Waals surface area (Å²) < 4.78 is 14.2. The van der Waals surface area contributed by atoms with Gasteiger partial charge >= 0.3 is 0 Å². The van der Waals surface area contributed by atoms with Crippen molar-refractivity contribution in [3.05, 3.63) is 95.0 Å². The molecule has 0 spiro atoms. The third-order valence-corrected chi connectivity index (χ3v) is 13.5. The van der Waals surface area contributed by atoms with Crippen LogP contribution < -0.4 is 10.1 Å². The highest BCUT2D eigenvalue weighted by molar-refractivity contribution is 7.13. The molecule has 1 saturated carbocycles. The molecule has 2 amide bonds. The quantitative estimate of drug-likeness (QED) is 0.119. The van der Waals surface area contributed by atoms with E-state index in [1.54, 1.807) is 29.5 Å². The number of phenolic OH excluding ortho intramolecular Hbond substituents is 1. The molecule has 3 fully saturated rings. The number of para-hydroxylation sites is 1. The molecule has 3 aliphatic rings. The molecule has 60 heavy (non-hydrogen) atoms. The van der Waals surface area contributed by atoms with Crippen LogP contribution in [0.5, 0.6) is 11.6 Å². The van der Waals surface area contributed by atoms with Gasteiger partial charge in [-0.1, -0.05) is 50.2 Å². The Morgan fingerprint density at radius 2 is 1.77 bits per heavy atom. The molecule has 2 aromatic carbocycles. The molecule has 0 bridgehead atoms. The first kappa shape index (κ1) is 39.8. The number of piperidine rings is 1. The zero-order chi connectivity index (χ0) is 41.8. The number of aryl methyl sites for hydroxylation is 2. The van der Waals surface area contributed by atoms with Crippen LogP contribution in [0, 0.1) is 31.6 Å². The van der Waals surface area contributed by atoms with Gasteiger partial charge in [0.15, 0.2) is 5.76 Å². The van der Waals surface area contributed by atoms with Gasteiger partial charge in [-0.15, -0.1) is 21.5 Å². The number of nitrogens with one attached hydrogen (secondary N) is 1. The highest BCUT2D eigenvalue weighted by atomic mass is 32.1. The molecule has 2 aliphatic heterocycles. The topological polar surface area (TPSA) is 172 Å². The first-order chi connectivity index (χ1) is 28.9. The van der Waals surface area contributed by atoms with Crippen LogP contribution in [0.3, 0.4) is 0 Å². The van der Waals surface area contributed by atoms with Gasteiger partial charge in [0.05, 0.1) is 39.4 Å². The van der Waals surface area contributed by atoms with E-state index in [1.807, 2.05) is 75.7 Å². The molecule has 1 aliphatic carbocycles. The first-order valence-corrected chi connectivity index (χ1v) is 21.6. The van der Waals surface area contributed by atoms with Gasteiger partial charge in [-0.3, -0.25) is 14.5 Å². The molecule has 2 saturated heterocycles. The van der Waals surface area contributed by atoms with E-state index in [2.05, 4.69) is 48.1 Å². The molecule has 0 unspecified atom stereocenters. The standard InChI is InChI=1S/C45H50N8O6S/c1-24(2)41(45(57)52-20-30(54)17-37(52)44(56)47-26(4)28-10-12-29(13-11-28)43-27(5)46-23-60-43)39-19-40(50-59-39)58-15-14-51-21-32-33(22-51)42(32)53-25(3)16-35-36(53)18-34(48-49-35)31-8-6-7-9-38(31)55/h6-13,16,18-19,23-24,26,30,32-33,37,41-42,54-55H,14-15,17,20-22H2,1-5H3,(H,47,56)/t26-,30+,32-,33+,37-,41+,42+/m0/s1. The Morgan fingerprint density at radius 3 is 2.48 bits per heavy atom. The second kappa shape index (κ2) is 16.1. The van der Waals surface area contributed by atoms with Crippen LogP contribution in [0.25, 0.3) is 32.7 Å². The number of aromatic hydroxyl groups is 1. The Kier molecular flexibility index (Phi) is 10.7. The lowest BCUT2D eigenvalue weighted by Gasteiger charge is -2.29. The SMILES string of the molecule is Cc1ncsc1-c1ccc([C@H](C)NC(=O)[C@@H]2C[C@@H](O)CN2C(=O)[C@@H](c2cc(OCCN3C[C@@H]4[C@H](C3)[C@H]4n3c(C)cc4nnc(-c5ccccc5O)cc43)no2)C(C)C)cc1. The van der Waals surface area contributed by atoms with E-state index in [9.17, 15) is 19.8 Å². The van der Waals surface area contributed by atoms with Gasteiger partial charge < -0.3 is 34.3 Å². The van der Waals surface area contributed by atoms with Crippen molar-refractivity contribution in [2.75, 3.05) is 32.8 Å². The zero-order valence-electron chi connectivity index (χ0n) is 34.4. The second-order valence-corrected chi connectivity index (χ2v) is 17.8. The largest absolute Gasteiger partial charge is 0.507 e. The fourth-order valence-electron chi connectivity index (χ4n) is 9.39. The molecule has 6 heterocycles. The number of fused-ring (bicyclic) bond motifs is 2. The third-order valence-electron chi connectivity index (χ3n) is 12.5. The van der Waals surface area contributed by atoms with Gasteiger partial charge in [-0.25, -0.2) is 4.98 Å². The summed E-state index contributed by atoms with van der Waals surface area (Å²) in [6.45, 7) is 13.0. The number of rotatable bonds is 13. The number of carbonyl (C=O) groups is 2. The second-order valence-electron chi connectivity index (χ2n) is 16.9. The van der Waals surface area contributed by atoms with E-state index in [-0.39, 0.29) is 42.5 Å². The number of hydrogen-bond donors (Lipinski definition) is 3. The zero-order valence-corrected chi connectivity index (χ0v) is 35.2. The Labute approximate surface area is 352 Å². The number of hydrogen-bond acceptors (Lipinski definition) is 12. The summed E-state index contributed by atoms with van der Waals surface area (Å²) in [7, 11) is 0. The van der Waals surface area contributed by atoms with Gasteiger partial charge in [0.25, 0.3) is 5.88 Å². The average molecular weight is 831 g/mol. The minimum atomic E-state index is -0.824. The number of ether oxygens (including phenoxy) is 1. The number of phenols is 1. The highest BCUT2D eigenvalue weighted by Crippen LogP contribution is 2.56. The maximum Gasteiger partial charge on any atom is 0.254 e. The van der Waals surface area contributed by atoms with Crippen LogP contribution in [-0.2, 0) is 9.59 Å². The van der Waals surface area contributed by atoms with Gasteiger partial charge in [0.2, 0.25) is 11.8 Å². The lowest BCUT2D eigenvalue weighted by atomic mass is 9.91. The lowest BCUT2D eigenvalue weighted by Crippen LogP contribution is -2.48. The fourth-order valence-corrected chi connectivity index (χ4v) is 10.2. The summed E-state index contributed by atoms with van der Waals surface area (Å²) in [5, 5.41) is 37.2. The van der Waals surface area contributed by atoms with Crippen LogP contribution in [0.4, 0.5) is 0 Å². The van der Waals surface area contributed by atoms with E-state index in [0.717, 1.165) is 58.1 Å². The van der Waals surface area contributed by atoms with Gasteiger partial charge in [0, 0.05) is 56.0 Å². The molecule has 4 aromatic heterocycles. The smallest absolute Gasteiger partial charge is 0.254 e. The summed E-state index contributed by atoms with van der Waals surface area (Å²) in [4.78, 5) is 37.2. The molecule has 6 aromatic rings. The monoisotopic (exact) mass is 830 g/mol. The minimum absolute atomic E-state index is 0.0566. The van der Waals surface area contributed by atoms with Crippen LogP contribution in [0.2, 0.25) is 0 Å². The Hall–Kier alpha value is -5.64. The maximum absolute atomic E-state index is 14.2. The summed E-state index contributed by atoms with van der Waals surface area (Å²) >= 11 is 1.59. The minimum Gasteiger partial charge on any atom is -0.507 e. The van der Waals surface area contributed by atoms with Crippen LogP contribution in [0.15, 0.2) is 76.8 Å². The average Bonchev–Trinajstić information content (AvgIpc) is 3.90. The van der Waals surface area contributed by atoms with E-state index in [4.69, 9.17) is 9.26 Å². The van der Waals surface area contributed by atoms with Crippen LogP contribution in [-0.4, -0.2) is 102 Å². The predicted octanol–water partition coefficient (Wildman–Crippen LogP) is 6.29. The van der Waals surface area contributed by atoms with Crippen molar-refractivity contribution < 1.29 is 29.1 Å². The molecule has 14 nitrogen and oxygen atoms in total. The Bertz CT molecular complexity index is 2520. The molecule has 3 N–H and O–H groups in total. The van der Waals surface area contributed by atoms with Gasteiger partial charge in [-0.2, -0.15) is 0 Å². The number of likely N-dealkylation sites (tertiary alicyclic amines) is 2. The van der Waals surface area contributed by atoms with Crippen molar-refractivity contribution in [2.24, 2.45) is 17.8 Å². The van der Waals surface area contributed by atoms with Gasteiger partial charge in [0.1, 0.15) is 29.8 Å². The summed E-state index contributed by atoms with van der Waals surface area (Å²) in [6.07, 6.45) is -0.668. The van der Waals surface area contributed by atoms with Crippen molar-refractivity contribution in [3.63, 3.8) is 0 Å². The van der Waals surface area contributed by atoms with E-state index < -0.39 is 18.1 Å². The van der Waals surface area contributed by atoms with Crippen molar-refractivity contribution in [1.82, 2.24) is 40.0 Å². The van der Waals surface area contributed by atoms with Crippen LogP contribution >= 0.6 is 11.3 Å². The van der Waals surface area contributed by atoms with Gasteiger partial charge in [-0.05, 0) is 79.1 Å². The van der Waals surface area contributed by atoms with Crippen molar-refractivity contribution >= 4 is 34.2 Å². The van der Waals surface area contributed by atoms with Crippen molar-refractivity contribution in [1.29, 1.82) is 0 Å². The number of amides is 2. The number of aliphatic hydroxyl groups excluding tert-OH is 1. The fraction of sp³-hybridized carbons (Fsp3) is 0.422. The molecular weight excluding hydrogens is 781 g/mol. The number of β-amino-alcohol motifs (C(OH)–C–C–N with tert-alkyl or cyclic N) is 1. The summed E-state index contributed by atoms with van der Waals surface area (Å²) in [5.74, 6) is 0.395. The molecule has 0 radical (unpaired) electrons. The lowest BCUT2D eigenvalue weighted by molar-refractivity contribution is -0.141. The summed E-state index contributed by atoms with van der Waals surface area (Å²) in [5.41, 5.74) is 9.16. The van der Waals surface area contributed by atoms with Crippen molar-refractivity contribution in [2.45, 2.75) is 71.2 Å². The van der Waals surface area contributed by atoms with E-state index in [1.165, 1.54) is 4.90 Å². The number of carbonyl (C=O) groups excluding carboxylic acids is 2. The molecule has 7 atom stereocenters. The third kappa shape index (κ3) is 7.54. The number of aromatic nitrogens is 5. The first-order valence-electron chi connectivity index (χ1n) is 20.7. The van der Waals surface area contributed by atoms with E-state index >= 15 is 0 Å². The number of nitrogens with zero attached hydrogens (tertiary/aromatic N) is 7. The predicted molar refractivity (Wildman–Crippen MR) is 226 cm³/mol. The Morgan fingerprint density at radius 1 is 1.00 bits per heavy atom. The molecule has 9 rings (SSSR count). The number of aliphatic hydroxyl groups is 1. The highest BCUT2D eigenvalue weighted by Gasteiger charge is 2.57. The molecule has 312 valence electrons. The number of benzene rings is 2. The molecular formula is C45H50N8O6S. The van der Waals surface area contributed by atoms with Crippen molar-refractivity contribution in [3.8, 4) is 33.3 Å². The Balaban J connectivity index is 0.789. The maximum atomic E-state index is 14.2. The van der Waals surface area contributed by atoms with E-state index in [0.29, 0.717) is 47.4 Å². The normalized spacial score (nSPS) is 22.3.